The zero-order chi connectivity index (χ0) is 19.2. The summed E-state index contributed by atoms with van der Waals surface area (Å²) < 4.78 is 12.1. The van der Waals surface area contributed by atoms with E-state index in [0.29, 0.717) is 23.5 Å². The smallest absolute Gasteiger partial charge is 0.128 e. The van der Waals surface area contributed by atoms with Crippen molar-refractivity contribution in [1.82, 2.24) is 0 Å². The average Bonchev–Trinajstić information content (AvgIpc) is 2.66. The van der Waals surface area contributed by atoms with Crippen LogP contribution in [0.25, 0.3) is 0 Å². The molecule has 146 valence electrons. The van der Waals surface area contributed by atoms with Crippen molar-refractivity contribution >= 4 is 12.6 Å². The Hall–Kier alpha value is -1.89. The third kappa shape index (κ3) is 5.09. The van der Waals surface area contributed by atoms with Gasteiger partial charge < -0.3 is 24.8 Å². The van der Waals surface area contributed by atoms with Crippen molar-refractivity contribution in [3.05, 3.63) is 54.1 Å². The standard InChI is InChI=1S/C21H26O5S/c22-13-15-6-7-17(11-19(15)23)26-21-14(8-9-27)10-18(12-20(21)24)25-16-4-2-1-3-5-16/h1-7,11,14,18,20-24,27H,8-10,12-13H2. The molecule has 0 radical (unpaired) electrons. The van der Waals surface area contributed by atoms with Crippen LogP contribution >= 0.6 is 12.6 Å². The zero-order valence-electron chi connectivity index (χ0n) is 15.1. The van der Waals surface area contributed by atoms with Gasteiger partial charge in [0.2, 0.25) is 0 Å². The highest BCUT2D eigenvalue weighted by molar-refractivity contribution is 7.80. The van der Waals surface area contributed by atoms with E-state index >= 15 is 0 Å². The molecule has 0 bridgehead atoms. The lowest BCUT2D eigenvalue weighted by molar-refractivity contribution is -0.0652. The van der Waals surface area contributed by atoms with Crippen LogP contribution in [0.4, 0.5) is 0 Å². The molecule has 0 heterocycles. The molecule has 3 rings (SSSR count). The van der Waals surface area contributed by atoms with Crippen molar-refractivity contribution in [2.75, 3.05) is 5.75 Å². The van der Waals surface area contributed by atoms with E-state index in [1.807, 2.05) is 30.3 Å². The zero-order valence-corrected chi connectivity index (χ0v) is 16.0. The lowest BCUT2D eigenvalue weighted by atomic mass is 9.81. The number of phenols is 1. The second-order valence-corrected chi connectivity index (χ2v) is 7.34. The number of para-hydroxylation sites is 1. The molecule has 2 aromatic carbocycles. The molecule has 1 aliphatic rings. The number of aromatic hydroxyl groups is 1. The van der Waals surface area contributed by atoms with Gasteiger partial charge in [-0.1, -0.05) is 18.2 Å². The molecular weight excluding hydrogens is 364 g/mol. The van der Waals surface area contributed by atoms with Gasteiger partial charge in [-0.2, -0.15) is 12.6 Å². The maximum atomic E-state index is 10.7. The van der Waals surface area contributed by atoms with E-state index in [1.54, 1.807) is 12.1 Å². The molecule has 1 aliphatic carbocycles. The number of benzene rings is 2. The van der Waals surface area contributed by atoms with Crippen LogP contribution in [0, 0.1) is 5.92 Å². The minimum absolute atomic E-state index is 0.0173. The van der Waals surface area contributed by atoms with Gasteiger partial charge in [-0.05, 0) is 42.9 Å². The van der Waals surface area contributed by atoms with Crippen molar-refractivity contribution in [1.29, 1.82) is 0 Å². The second-order valence-electron chi connectivity index (χ2n) is 6.90. The molecule has 6 heteroatoms. The van der Waals surface area contributed by atoms with E-state index in [0.717, 1.165) is 18.6 Å². The Labute approximate surface area is 165 Å². The van der Waals surface area contributed by atoms with Gasteiger partial charge in [0.15, 0.2) is 0 Å². The van der Waals surface area contributed by atoms with Crippen molar-refractivity contribution < 1.29 is 24.8 Å². The molecule has 4 unspecified atom stereocenters. The maximum Gasteiger partial charge on any atom is 0.128 e. The predicted octanol–water partition coefficient (Wildman–Crippen LogP) is 3.17. The lowest BCUT2D eigenvalue weighted by Gasteiger charge is -2.39. The van der Waals surface area contributed by atoms with E-state index in [2.05, 4.69) is 12.6 Å². The van der Waals surface area contributed by atoms with Crippen molar-refractivity contribution in [2.45, 2.75) is 44.2 Å². The van der Waals surface area contributed by atoms with Crippen LogP contribution in [0.2, 0.25) is 0 Å². The minimum Gasteiger partial charge on any atom is -0.507 e. The molecule has 0 aliphatic heterocycles. The fraction of sp³-hybridized carbons (Fsp3) is 0.429. The first-order valence-electron chi connectivity index (χ1n) is 9.20. The van der Waals surface area contributed by atoms with Crippen LogP contribution < -0.4 is 9.47 Å². The van der Waals surface area contributed by atoms with Gasteiger partial charge in [0, 0.05) is 24.0 Å². The highest BCUT2D eigenvalue weighted by Crippen LogP contribution is 2.34. The average molecular weight is 391 g/mol. The van der Waals surface area contributed by atoms with E-state index < -0.39 is 12.2 Å². The molecule has 4 atom stereocenters. The molecule has 27 heavy (non-hydrogen) atoms. The maximum absolute atomic E-state index is 10.7. The quantitative estimate of drug-likeness (QED) is 0.546. The summed E-state index contributed by atoms with van der Waals surface area (Å²) in [5.74, 6) is 2.02. The van der Waals surface area contributed by atoms with E-state index in [1.165, 1.54) is 6.07 Å². The topological polar surface area (TPSA) is 79.2 Å². The van der Waals surface area contributed by atoms with Gasteiger partial charge >= 0.3 is 0 Å². The molecule has 3 N–H and O–H groups in total. The highest BCUT2D eigenvalue weighted by Gasteiger charge is 2.39. The van der Waals surface area contributed by atoms with Crippen LogP contribution in [-0.2, 0) is 6.61 Å². The third-order valence-electron chi connectivity index (χ3n) is 4.96. The summed E-state index contributed by atoms with van der Waals surface area (Å²) >= 11 is 4.35. The van der Waals surface area contributed by atoms with Gasteiger partial charge in [-0.3, -0.25) is 0 Å². The van der Waals surface area contributed by atoms with Crippen LogP contribution in [-0.4, -0.2) is 39.4 Å². The first-order chi connectivity index (χ1) is 13.1. The molecular formula is C21H26O5S. The summed E-state index contributed by atoms with van der Waals surface area (Å²) in [4.78, 5) is 0. The normalized spacial score (nSPS) is 25.1. The van der Waals surface area contributed by atoms with E-state index in [9.17, 15) is 15.3 Å². The summed E-state index contributed by atoms with van der Waals surface area (Å²) in [7, 11) is 0. The summed E-state index contributed by atoms with van der Waals surface area (Å²) in [6, 6.07) is 14.4. The number of aliphatic hydroxyl groups is 2. The van der Waals surface area contributed by atoms with Gasteiger partial charge in [-0.25, -0.2) is 0 Å². The molecule has 2 aromatic rings. The number of ether oxygens (including phenoxy) is 2. The monoisotopic (exact) mass is 390 g/mol. The van der Waals surface area contributed by atoms with Crippen LogP contribution in [0.15, 0.2) is 48.5 Å². The molecule has 0 aromatic heterocycles. The van der Waals surface area contributed by atoms with Crippen LogP contribution in [0.3, 0.4) is 0 Å². The number of hydrogen-bond acceptors (Lipinski definition) is 6. The molecule has 1 saturated carbocycles. The molecule has 0 saturated heterocycles. The fourth-order valence-corrected chi connectivity index (χ4v) is 3.94. The Morgan fingerprint density at radius 3 is 2.44 bits per heavy atom. The summed E-state index contributed by atoms with van der Waals surface area (Å²) in [5.41, 5.74) is 0.440. The number of rotatable bonds is 7. The lowest BCUT2D eigenvalue weighted by Crippen LogP contribution is -2.48. The molecule has 0 amide bonds. The third-order valence-corrected chi connectivity index (χ3v) is 5.22. The van der Waals surface area contributed by atoms with Gasteiger partial charge in [0.25, 0.3) is 0 Å². The van der Waals surface area contributed by atoms with E-state index in [4.69, 9.17) is 9.47 Å². The number of aliphatic hydroxyl groups excluding tert-OH is 2. The van der Waals surface area contributed by atoms with Crippen LogP contribution in [0.1, 0.15) is 24.8 Å². The van der Waals surface area contributed by atoms with Crippen molar-refractivity contribution in [2.24, 2.45) is 5.92 Å². The molecule has 1 fully saturated rings. The largest absolute Gasteiger partial charge is 0.507 e. The summed E-state index contributed by atoms with van der Waals surface area (Å²) in [6.45, 7) is -0.237. The fourth-order valence-electron chi connectivity index (χ4n) is 3.60. The molecule has 0 spiro atoms. The highest BCUT2D eigenvalue weighted by atomic mass is 32.1. The Bertz CT molecular complexity index is 724. The Morgan fingerprint density at radius 2 is 1.78 bits per heavy atom. The van der Waals surface area contributed by atoms with Gasteiger partial charge in [0.1, 0.15) is 29.5 Å². The number of hydrogen-bond donors (Lipinski definition) is 4. The Balaban J connectivity index is 1.70. The predicted molar refractivity (Wildman–Crippen MR) is 107 cm³/mol. The van der Waals surface area contributed by atoms with Crippen molar-refractivity contribution in [3.8, 4) is 17.2 Å². The second kappa shape index (κ2) is 9.35. The summed E-state index contributed by atoms with van der Waals surface area (Å²) in [5, 5.41) is 29.8. The molecule has 5 nitrogen and oxygen atoms in total. The van der Waals surface area contributed by atoms with Gasteiger partial charge in [-0.15, -0.1) is 0 Å². The first-order valence-corrected chi connectivity index (χ1v) is 9.84. The summed E-state index contributed by atoms with van der Waals surface area (Å²) in [6.07, 6.45) is 0.864. The SMILES string of the molecule is OCc1ccc(OC2C(O)CC(Oc3ccccc3)CC2CCS)cc1O. The Kier molecular flexibility index (Phi) is 6.88. The van der Waals surface area contributed by atoms with E-state index in [-0.39, 0.29) is 24.4 Å². The minimum atomic E-state index is -0.683. The first kappa shape index (κ1) is 19.9. The van der Waals surface area contributed by atoms with Gasteiger partial charge in [0.05, 0.1) is 12.7 Å². The van der Waals surface area contributed by atoms with Crippen molar-refractivity contribution in [3.63, 3.8) is 0 Å². The van der Waals surface area contributed by atoms with Crippen LogP contribution in [0.5, 0.6) is 17.2 Å². The number of thiol groups is 1. The Morgan fingerprint density at radius 1 is 1.00 bits per heavy atom.